The number of halogens is 2. The Kier molecular flexibility index (Phi) is 5.51. The molecule has 0 radical (unpaired) electrons. The molecule has 0 aliphatic carbocycles. The molecule has 6 heteroatoms. The molecule has 2 aliphatic rings. The number of aliphatic hydroxyl groups excluding tert-OH is 1. The van der Waals surface area contributed by atoms with Gasteiger partial charge in [0.1, 0.15) is 6.10 Å². The number of hydrogen-bond acceptors (Lipinski definition) is 4. The summed E-state index contributed by atoms with van der Waals surface area (Å²) in [5.41, 5.74) is 4.02. The van der Waals surface area contributed by atoms with Crippen LogP contribution in [0.1, 0.15) is 29.6 Å². The number of aliphatic hydroxyl groups is 1. The molecule has 140 valence electrons. The van der Waals surface area contributed by atoms with E-state index in [9.17, 15) is 5.11 Å². The maximum atomic E-state index is 11.3. The number of pyridine rings is 1. The Balaban J connectivity index is 1.82. The van der Waals surface area contributed by atoms with Gasteiger partial charge < -0.3 is 10.0 Å². The lowest BCUT2D eigenvalue weighted by molar-refractivity contribution is 0.209. The first-order chi connectivity index (χ1) is 13.0. The van der Waals surface area contributed by atoms with Crippen LogP contribution in [0.2, 0.25) is 5.02 Å². The van der Waals surface area contributed by atoms with Gasteiger partial charge in [0.2, 0.25) is 0 Å². The van der Waals surface area contributed by atoms with Gasteiger partial charge in [-0.2, -0.15) is 0 Å². The summed E-state index contributed by atoms with van der Waals surface area (Å²) in [6.45, 7) is 0.800. The summed E-state index contributed by atoms with van der Waals surface area (Å²) in [4.78, 5) is 7.56. The molecule has 3 heterocycles. The van der Waals surface area contributed by atoms with Crippen molar-refractivity contribution in [2.45, 2.75) is 23.2 Å². The second kappa shape index (κ2) is 7.88. The van der Waals surface area contributed by atoms with Crippen LogP contribution < -0.4 is 0 Å². The normalized spacial score (nSPS) is 23.7. The van der Waals surface area contributed by atoms with Crippen LogP contribution in [-0.2, 0) is 0 Å². The summed E-state index contributed by atoms with van der Waals surface area (Å²) >= 11 is 14.1. The van der Waals surface area contributed by atoms with Crippen LogP contribution in [0, 0.1) is 0 Å². The van der Waals surface area contributed by atoms with Gasteiger partial charge >= 0.3 is 0 Å². The summed E-state index contributed by atoms with van der Waals surface area (Å²) < 4.78 is 0.0484. The second-order valence-electron chi connectivity index (χ2n) is 6.81. The molecule has 1 N–H and O–H groups in total. The highest BCUT2D eigenvalue weighted by atomic mass is 35.5. The molecular weight excluding hydrogens is 399 g/mol. The van der Waals surface area contributed by atoms with Crippen LogP contribution >= 0.6 is 35.0 Å². The van der Waals surface area contributed by atoms with Crippen molar-refractivity contribution in [3.8, 4) is 0 Å². The van der Waals surface area contributed by atoms with Crippen molar-refractivity contribution in [3.05, 3.63) is 87.2 Å². The molecule has 0 saturated carbocycles. The summed E-state index contributed by atoms with van der Waals surface area (Å²) in [7, 11) is 2.07. The number of thioether (sulfide) groups is 1. The Labute approximate surface area is 173 Å². The number of aromatic nitrogens is 1. The maximum Gasteiger partial charge on any atom is 0.105 e. The van der Waals surface area contributed by atoms with E-state index in [-0.39, 0.29) is 10.6 Å². The third-order valence-electron chi connectivity index (χ3n) is 5.03. The molecular formula is C21H20Cl2N2OS. The molecule has 1 aromatic carbocycles. The summed E-state index contributed by atoms with van der Waals surface area (Å²) in [6.07, 6.45) is 5.73. The zero-order valence-corrected chi connectivity index (χ0v) is 17.2. The highest BCUT2D eigenvalue weighted by Gasteiger charge is 2.38. The predicted molar refractivity (Wildman–Crippen MR) is 113 cm³/mol. The topological polar surface area (TPSA) is 36.4 Å². The third kappa shape index (κ3) is 3.77. The highest BCUT2D eigenvalue weighted by molar-refractivity contribution is 8.05. The summed E-state index contributed by atoms with van der Waals surface area (Å²) in [5.74, 6) is 0.0772. The van der Waals surface area contributed by atoms with E-state index < -0.39 is 6.10 Å². The zero-order chi connectivity index (χ0) is 19.0. The minimum atomic E-state index is -0.727. The van der Waals surface area contributed by atoms with Gasteiger partial charge in [0.05, 0.1) is 10.4 Å². The van der Waals surface area contributed by atoms with E-state index in [1.54, 1.807) is 24.2 Å². The molecule has 0 saturated heterocycles. The Morgan fingerprint density at radius 2 is 2.04 bits per heavy atom. The van der Waals surface area contributed by atoms with Gasteiger partial charge in [-0.25, -0.2) is 0 Å². The van der Waals surface area contributed by atoms with E-state index in [1.807, 2.05) is 36.4 Å². The van der Waals surface area contributed by atoms with Gasteiger partial charge in [-0.3, -0.25) is 4.98 Å². The van der Waals surface area contributed by atoms with Gasteiger partial charge in [0.15, 0.2) is 0 Å². The Morgan fingerprint density at radius 3 is 2.67 bits per heavy atom. The van der Waals surface area contributed by atoms with Crippen molar-refractivity contribution >= 4 is 35.0 Å². The Hall–Kier alpha value is -1.46. The number of nitrogens with zero attached hydrogens (tertiary/aromatic N) is 2. The molecule has 27 heavy (non-hydrogen) atoms. The minimum absolute atomic E-state index is 0.0484. The van der Waals surface area contributed by atoms with E-state index >= 15 is 0 Å². The number of benzene rings is 1. The molecule has 3 unspecified atom stereocenters. The van der Waals surface area contributed by atoms with Gasteiger partial charge in [-0.15, -0.1) is 23.4 Å². The van der Waals surface area contributed by atoms with Crippen molar-refractivity contribution in [1.29, 1.82) is 0 Å². The average Bonchev–Trinajstić information content (AvgIpc) is 3.25. The van der Waals surface area contributed by atoms with Gasteiger partial charge in [0, 0.05) is 47.4 Å². The standard InChI is InChI=1S/C21H20Cl2N2OS/c1-25-12-16(13-4-6-15(22)7-5-13)19(20(25)17-8-9-18(23)27-17)21(26)14-3-2-10-24-11-14/h2-8,10-11,16,18,21,26H,9,12H2,1H3. The fourth-order valence-corrected chi connectivity index (χ4v) is 5.33. The predicted octanol–water partition coefficient (Wildman–Crippen LogP) is 5.34. The molecule has 2 aromatic rings. The molecule has 0 fully saturated rings. The van der Waals surface area contributed by atoms with E-state index in [1.165, 1.54) is 0 Å². The van der Waals surface area contributed by atoms with E-state index in [4.69, 9.17) is 23.2 Å². The Bertz CT molecular complexity index is 883. The van der Waals surface area contributed by atoms with Gasteiger partial charge in [-0.1, -0.05) is 35.9 Å². The monoisotopic (exact) mass is 418 g/mol. The van der Waals surface area contributed by atoms with Crippen LogP contribution in [0.5, 0.6) is 0 Å². The van der Waals surface area contributed by atoms with Gasteiger partial charge in [0.25, 0.3) is 0 Å². The lowest BCUT2D eigenvalue weighted by atomic mass is 9.86. The highest BCUT2D eigenvalue weighted by Crippen LogP contribution is 2.49. The van der Waals surface area contributed by atoms with Crippen molar-refractivity contribution in [3.63, 3.8) is 0 Å². The number of hydrogen-bond donors (Lipinski definition) is 1. The van der Waals surface area contributed by atoms with Crippen molar-refractivity contribution in [2.75, 3.05) is 13.6 Å². The molecule has 1 aromatic heterocycles. The third-order valence-corrected chi connectivity index (χ3v) is 6.79. The van der Waals surface area contributed by atoms with Crippen molar-refractivity contribution in [1.82, 2.24) is 9.88 Å². The molecule has 0 bridgehead atoms. The van der Waals surface area contributed by atoms with Crippen LogP contribution in [-0.4, -0.2) is 33.3 Å². The van der Waals surface area contributed by atoms with E-state index in [0.29, 0.717) is 5.02 Å². The molecule has 4 rings (SSSR count). The van der Waals surface area contributed by atoms with E-state index in [2.05, 4.69) is 23.0 Å². The Morgan fingerprint density at radius 1 is 1.26 bits per heavy atom. The smallest absolute Gasteiger partial charge is 0.105 e. The van der Waals surface area contributed by atoms with Crippen LogP contribution in [0.25, 0.3) is 0 Å². The number of rotatable bonds is 4. The SMILES string of the molecule is CN1CC(c2ccc(Cl)cc2)C(C(O)c2cccnc2)=C1C1=CCC(Cl)S1. The van der Waals surface area contributed by atoms with E-state index in [0.717, 1.165) is 40.3 Å². The van der Waals surface area contributed by atoms with Crippen LogP contribution in [0.15, 0.2) is 71.0 Å². The quantitative estimate of drug-likeness (QED) is 0.679. The fraction of sp³-hybridized carbons (Fsp3) is 0.286. The second-order valence-corrected chi connectivity index (χ2v) is 9.28. The van der Waals surface area contributed by atoms with Gasteiger partial charge in [-0.05, 0) is 35.8 Å². The van der Waals surface area contributed by atoms with Crippen LogP contribution in [0.3, 0.4) is 0 Å². The zero-order valence-electron chi connectivity index (χ0n) is 14.8. The molecule has 0 spiro atoms. The molecule has 3 atom stereocenters. The summed E-state index contributed by atoms with van der Waals surface area (Å²) in [5, 5.41) is 12.0. The number of likely N-dealkylation sites (N-methyl/N-ethyl adjacent to an activating group) is 1. The number of allylic oxidation sites excluding steroid dienone is 1. The van der Waals surface area contributed by atoms with Crippen LogP contribution in [0.4, 0.5) is 0 Å². The lowest BCUT2D eigenvalue weighted by Crippen LogP contribution is -2.16. The fourth-order valence-electron chi connectivity index (χ4n) is 3.78. The first kappa shape index (κ1) is 18.9. The first-order valence-corrected chi connectivity index (χ1v) is 10.5. The van der Waals surface area contributed by atoms with Crippen molar-refractivity contribution < 1.29 is 5.11 Å². The van der Waals surface area contributed by atoms with Crippen molar-refractivity contribution in [2.24, 2.45) is 0 Å². The molecule has 3 nitrogen and oxygen atoms in total. The summed E-state index contributed by atoms with van der Waals surface area (Å²) in [6, 6.07) is 11.7. The number of alkyl halides is 1. The molecule has 0 amide bonds. The lowest BCUT2D eigenvalue weighted by Gasteiger charge is -2.21. The first-order valence-electron chi connectivity index (χ1n) is 8.84. The maximum absolute atomic E-state index is 11.3. The average molecular weight is 419 g/mol. The molecule has 2 aliphatic heterocycles. The minimum Gasteiger partial charge on any atom is -0.384 e. The largest absolute Gasteiger partial charge is 0.384 e.